The zero-order valence-corrected chi connectivity index (χ0v) is 19.9. The van der Waals surface area contributed by atoms with Gasteiger partial charge in [-0.3, -0.25) is 0 Å². The Balaban J connectivity index is 0.00000103. The summed E-state index contributed by atoms with van der Waals surface area (Å²) in [7, 11) is 0. The zero-order valence-electron chi connectivity index (χ0n) is 19.1. The molecule has 34 heavy (non-hydrogen) atoms. The molecule has 176 valence electrons. The Hall–Kier alpha value is -3.48. The lowest BCUT2D eigenvalue weighted by Crippen LogP contribution is -2.38. The molecule has 9 heteroatoms. The van der Waals surface area contributed by atoms with Crippen molar-refractivity contribution in [3.8, 4) is 17.3 Å². The minimum Gasteiger partial charge on any atom is -0.382 e. The fourth-order valence-corrected chi connectivity index (χ4v) is 4.37. The van der Waals surface area contributed by atoms with Crippen LogP contribution < -0.4 is 0 Å². The van der Waals surface area contributed by atoms with Crippen molar-refractivity contribution in [1.29, 1.82) is 5.26 Å². The molecule has 0 saturated carbocycles. The van der Waals surface area contributed by atoms with Crippen LogP contribution in [0.4, 0.5) is 8.78 Å². The maximum atomic E-state index is 14.7. The third-order valence-electron chi connectivity index (χ3n) is 5.19. The average molecular weight is 482 g/mol. The number of aliphatic hydroxyl groups is 1. The molecule has 0 aliphatic rings. The van der Waals surface area contributed by atoms with Gasteiger partial charge in [-0.2, -0.15) is 10.4 Å². The van der Waals surface area contributed by atoms with Crippen molar-refractivity contribution < 1.29 is 13.9 Å². The van der Waals surface area contributed by atoms with Crippen molar-refractivity contribution in [2.45, 2.75) is 45.3 Å². The second-order valence-electron chi connectivity index (χ2n) is 7.83. The van der Waals surface area contributed by atoms with Crippen molar-refractivity contribution in [2.75, 3.05) is 0 Å². The third-order valence-corrected chi connectivity index (χ3v) is 6.21. The topological polar surface area (TPSA) is 87.6 Å². The normalized spacial score (nSPS) is 13.3. The maximum absolute atomic E-state index is 14.7. The summed E-state index contributed by atoms with van der Waals surface area (Å²) in [5.41, 5.74) is 0.236. The van der Waals surface area contributed by atoms with Gasteiger partial charge in [0.1, 0.15) is 29.9 Å². The molecule has 2 heterocycles. The molecule has 2 aromatic heterocycles. The predicted octanol–water partition coefficient (Wildman–Crippen LogP) is 5.66. The van der Waals surface area contributed by atoms with Gasteiger partial charge in [0.25, 0.3) is 0 Å². The van der Waals surface area contributed by atoms with E-state index < -0.39 is 23.2 Å². The summed E-state index contributed by atoms with van der Waals surface area (Å²) in [5.74, 6) is -2.22. The number of nitrogens with zero attached hydrogens (tertiary/aromatic N) is 5. The van der Waals surface area contributed by atoms with Crippen molar-refractivity contribution in [1.82, 2.24) is 19.7 Å². The molecule has 0 unspecified atom stereocenters. The van der Waals surface area contributed by atoms with Crippen LogP contribution in [-0.4, -0.2) is 24.9 Å². The van der Waals surface area contributed by atoms with Crippen LogP contribution in [0.5, 0.6) is 0 Å². The van der Waals surface area contributed by atoms with Crippen LogP contribution in [0.25, 0.3) is 11.3 Å². The van der Waals surface area contributed by atoms with Crippen molar-refractivity contribution in [3.05, 3.63) is 88.3 Å². The molecule has 0 bridgehead atoms. The molecule has 0 aliphatic carbocycles. The highest BCUT2D eigenvalue weighted by atomic mass is 32.1. The molecule has 2 atom stereocenters. The Kier molecular flexibility index (Phi) is 8.21. The molecular formula is C25H25F2N5OS. The van der Waals surface area contributed by atoms with Crippen LogP contribution in [0.2, 0.25) is 0 Å². The fourth-order valence-electron chi connectivity index (χ4n) is 3.40. The third kappa shape index (κ3) is 5.53. The van der Waals surface area contributed by atoms with Crippen LogP contribution in [0.1, 0.15) is 49.2 Å². The number of benzene rings is 2. The van der Waals surface area contributed by atoms with Crippen LogP contribution in [0.15, 0.2) is 60.5 Å². The number of rotatable bonds is 6. The largest absolute Gasteiger partial charge is 0.382 e. The van der Waals surface area contributed by atoms with Gasteiger partial charge in [-0.25, -0.2) is 23.4 Å². The first-order valence-corrected chi connectivity index (χ1v) is 11.7. The molecule has 0 spiro atoms. The number of hydrogen-bond donors (Lipinski definition) is 1. The summed E-state index contributed by atoms with van der Waals surface area (Å²) in [6.07, 6.45) is 3.99. The minimum atomic E-state index is -1.76. The maximum Gasteiger partial charge on any atom is 0.137 e. The van der Waals surface area contributed by atoms with Crippen molar-refractivity contribution in [3.63, 3.8) is 0 Å². The van der Waals surface area contributed by atoms with Gasteiger partial charge >= 0.3 is 0 Å². The smallest absolute Gasteiger partial charge is 0.137 e. The lowest BCUT2D eigenvalue weighted by atomic mass is 9.82. The van der Waals surface area contributed by atoms with Crippen molar-refractivity contribution >= 4 is 11.3 Å². The molecule has 6 nitrogen and oxygen atoms in total. The molecule has 0 radical (unpaired) electrons. The number of thiazole rings is 1. The summed E-state index contributed by atoms with van der Waals surface area (Å²) < 4.78 is 29.6. The first-order valence-electron chi connectivity index (χ1n) is 10.8. The van der Waals surface area contributed by atoms with E-state index in [1.807, 2.05) is 5.38 Å². The highest BCUT2D eigenvalue weighted by Gasteiger charge is 2.41. The SMILES string of the molecule is CCC.C[C@@H](c1nc(-c2ccc(C#N)cc2)cs1)[C@](O)(Cn1cncn1)c1ccc(F)cc1F. The molecule has 0 saturated heterocycles. The number of nitriles is 1. The average Bonchev–Trinajstić information content (AvgIpc) is 3.51. The summed E-state index contributed by atoms with van der Waals surface area (Å²) in [4.78, 5) is 8.52. The number of halogens is 2. The predicted molar refractivity (Wildman–Crippen MR) is 127 cm³/mol. The van der Waals surface area contributed by atoms with Gasteiger partial charge in [0.15, 0.2) is 0 Å². The van der Waals surface area contributed by atoms with Crippen LogP contribution >= 0.6 is 11.3 Å². The zero-order chi connectivity index (χ0) is 24.7. The first kappa shape index (κ1) is 25.1. The Morgan fingerprint density at radius 1 is 1.18 bits per heavy atom. The van der Waals surface area contributed by atoms with Gasteiger partial charge in [0.05, 0.1) is 28.9 Å². The summed E-state index contributed by atoms with van der Waals surface area (Å²) in [5, 5.41) is 27.1. The quantitative estimate of drug-likeness (QED) is 0.384. The molecule has 0 aliphatic heterocycles. The van der Waals surface area contributed by atoms with E-state index >= 15 is 0 Å². The van der Waals surface area contributed by atoms with Gasteiger partial charge < -0.3 is 5.11 Å². The van der Waals surface area contributed by atoms with Gasteiger partial charge in [-0.1, -0.05) is 45.4 Å². The van der Waals surface area contributed by atoms with Crippen LogP contribution in [0.3, 0.4) is 0 Å². The number of hydrogen-bond acceptors (Lipinski definition) is 6. The Labute approximate surface area is 201 Å². The fraction of sp³-hybridized carbons (Fsp3) is 0.280. The molecule has 0 amide bonds. The Bertz CT molecular complexity index is 1250. The van der Waals surface area contributed by atoms with E-state index in [-0.39, 0.29) is 12.1 Å². The highest BCUT2D eigenvalue weighted by molar-refractivity contribution is 7.10. The van der Waals surface area contributed by atoms with Gasteiger partial charge in [0.2, 0.25) is 0 Å². The molecule has 0 fully saturated rings. The molecule has 4 aromatic rings. The van der Waals surface area contributed by atoms with E-state index in [0.717, 1.165) is 17.7 Å². The lowest BCUT2D eigenvalue weighted by Gasteiger charge is -2.33. The van der Waals surface area contributed by atoms with Gasteiger partial charge in [-0.05, 0) is 18.2 Å². The summed E-state index contributed by atoms with van der Waals surface area (Å²) >= 11 is 1.33. The number of aromatic nitrogens is 4. The Morgan fingerprint density at radius 3 is 2.47 bits per heavy atom. The molecule has 2 aromatic carbocycles. The van der Waals surface area contributed by atoms with E-state index in [4.69, 9.17) is 5.26 Å². The summed E-state index contributed by atoms with van der Waals surface area (Å²) in [6.45, 7) is 5.89. The molecule has 4 rings (SSSR count). The standard InChI is InChI=1S/C22H17F2N5OS.C3H8/c1-14(21-28-20(10-31-21)16-4-2-15(9-25)3-5-16)22(30,11-29-13-26-12-27-29)18-7-6-17(23)8-19(18)24;1-3-2/h2-8,10,12-14,30H,11H2,1H3;3H2,1-2H3/t14-,22+;/m0./s1. The van der Waals surface area contributed by atoms with Crippen LogP contribution in [-0.2, 0) is 12.1 Å². The van der Waals surface area contributed by atoms with E-state index in [9.17, 15) is 13.9 Å². The van der Waals surface area contributed by atoms with E-state index in [0.29, 0.717) is 16.3 Å². The second kappa shape index (κ2) is 11.1. The van der Waals surface area contributed by atoms with Crippen molar-refractivity contribution in [2.24, 2.45) is 0 Å². The molecule has 1 N–H and O–H groups in total. The summed E-state index contributed by atoms with van der Waals surface area (Å²) in [6, 6.07) is 12.2. The highest BCUT2D eigenvalue weighted by Crippen LogP contribution is 2.41. The van der Waals surface area contributed by atoms with Gasteiger partial charge in [0, 0.05) is 28.5 Å². The monoisotopic (exact) mass is 481 g/mol. The lowest BCUT2D eigenvalue weighted by molar-refractivity contribution is -0.0112. The van der Waals surface area contributed by atoms with E-state index in [1.165, 1.54) is 41.2 Å². The Morgan fingerprint density at radius 2 is 1.88 bits per heavy atom. The second-order valence-corrected chi connectivity index (χ2v) is 8.72. The van der Waals surface area contributed by atoms with Crippen LogP contribution in [0, 0.1) is 23.0 Å². The van der Waals surface area contributed by atoms with Gasteiger partial charge in [-0.15, -0.1) is 11.3 Å². The van der Waals surface area contributed by atoms with E-state index in [2.05, 4.69) is 35.0 Å². The van der Waals surface area contributed by atoms with E-state index in [1.54, 1.807) is 31.2 Å². The minimum absolute atomic E-state index is 0.0491. The molecular weight excluding hydrogens is 456 g/mol. The first-order chi connectivity index (χ1) is 16.3.